The fourth-order valence-electron chi connectivity index (χ4n) is 3.38. The Labute approximate surface area is 126 Å². The second kappa shape index (κ2) is 8.35. The van der Waals surface area contributed by atoms with Gasteiger partial charge in [0.1, 0.15) is 0 Å². The SMILES string of the molecule is CCCNC(COC(C)C)C1(N(C)C)CCC(C)CC1. The zero-order chi connectivity index (χ0) is 15.2. The van der Waals surface area contributed by atoms with Crippen molar-refractivity contribution in [2.45, 2.75) is 77.5 Å². The zero-order valence-corrected chi connectivity index (χ0v) is 14.5. The summed E-state index contributed by atoms with van der Waals surface area (Å²) in [7, 11) is 4.48. The molecule has 0 aliphatic heterocycles. The van der Waals surface area contributed by atoms with Gasteiger partial charge in [-0.25, -0.2) is 0 Å². The number of rotatable bonds is 8. The molecule has 1 N–H and O–H groups in total. The molecule has 1 aliphatic carbocycles. The molecule has 1 rings (SSSR count). The highest BCUT2D eigenvalue weighted by molar-refractivity contribution is 5.01. The van der Waals surface area contributed by atoms with Crippen molar-refractivity contribution in [3.63, 3.8) is 0 Å². The van der Waals surface area contributed by atoms with E-state index >= 15 is 0 Å². The molecule has 0 radical (unpaired) electrons. The van der Waals surface area contributed by atoms with Gasteiger partial charge in [0.25, 0.3) is 0 Å². The lowest BCUT2D eigenvalue weighted by molar-refractivity contribution is -0.0161. The number of likely N-dealkylation sites (N-methyl/N-ethyl adjacent to an activating group) is 1. The standard InChI is InChI=1S/C17H36N2O/c1-7-12-18-16(13-20-14(2)3)17(19(5)6)10-8-15(4)9-11-17/h14-16,18H,7-13H2,1-6H3. The van der Waals surface area contributed by atoms with Crippen molar-refractivity contribution in [3.05, 3.63) is 0 Å². The van der Waals surface area contributed by atoms with Crippen LogP contribution in [-0.4, -0.2) is 49.8 Å². The molecule has 1 aliphatic rings. The third kappa shape index (κ3) is 4.71. The number of hydrogen-bond donors (Lipinski definition) is 1. The van der Waals surface area contributed by atoms with E-state index in [1.807, 2.05) is 0 Å². The summed E-state index contributed by atoms with van der Waals surface area (Å²) >= 11 is 0. The minimum atomic E-state index is 0.260. The van der Waals surface area contributed by atoms with Crippen LogP contribution in [-0.2, 0) is 4.74 Å². The molecule has 0 heterocycles. The van der Waals surface area contributed by atoms with Crippen LogP contribution in [0.1, 0.15) is 59.8 Å². The Bertz CT molecular complexity index is 258. The maximum atomic E-state index is 5.97. The largest absolute Gasteiger partial charge is 0.377 e. The minimum absolute atomic E-state index is 0.260. The molecule has 1 fully saturated rings. The Kier molecular flexibility index (Phi) is 7.49. The van der Waals surface area contributed by atoms with Gasteiger partial charge in [0.2, 0.25) is 0 Å². The van der Waals surface area contributed by atoms with Crippen molar-refractivity contribution in [3.8, 4) is 0 Å². The Morgan fingerprint density at radius 3 is 2.30 bits per heavy atom. The number of nitrogens with one attached hydrogen (secondary N) is 1. The molecule has 20 heavy (non-hydrogen) atoms. The molecule has 0 amide bonds. The van der Waals surface area contributed by atoms with Crippen molar-refractivity contribution < 1.29 is 4.74 Å². The number of ether oxygens (including phenoxy) is 1. The first-order chi connectivity index (χ1) is 9.42. The minimum Gasteiger partial charge on any atom is -0.377 e. The van der Waals surface area contributed by atoms with Crippen molar-refractivity contribution in [1.29, 1.82) is 0 Å². The van der Waals surface area contributed by atoms with Crippen LogP contribution in [0, 0.1) is 5.92 Å². The molecule has 1 unspecified atom stereocenters. The summed E-state index contributed by atoms with van der Waals surface area (Å²) in [5.74, 6) is 0.876. The van der Waals surface area contributed by atoms with Gasteiger partial charge >= 0.3 is 0 Å². The predicted octanol–water partition coefficient (Wildman–Crippen LogP) is 3.29. The van der Waals surface area contributed by atoms with Gasteiger partial charge in [0.05, 0.1) is 12.7 Å². The highest BCUT2D eigenvalue weighted by atomic mass is 16.5. The second-order valence-corrected chi connectivity index (χ2v) is 7.07. The van der Waals surface area contributed by atoms with Crippen LogP contribution in [0.5, 0.6) is 0 Å². The fourth-order valence-corrected chi connectivity index (χ4v) is 3.38. The van der Waals surface area contributed by atoms with Crippen LogP contribution < -0.4 is 5.32 Å². The molecular weight excluding hydrogens is 248 g/mol. The van der Waals surface area contributed by atoms with E-state index in [9.17, 15) is 0 Å². The summed E-state index contributed by atoms with van der Waals surface area (Å²) in [4.78, 5) is 2.45. The topological polar surface area (TPSA) is 24.5 Å². The summed E-state index contributed by atoms with van der Waals surface area (Å²) < 4.78 is 5.97. The van der Waals surface area contributed by atoms with E-state index in [-0.39, 0.29) is 5.54 Å². The van der Waals surface area contributed by atoms with Gasteiger partial charge in [-0.3, -0.25) is 0 Å². The smallest absolute Gasteiger partial charge is 0.0641 e. The van der Waals surface area contributed by atoms with E-state index in [0.717, 1.165) is 19.1 Å². The molecule has 0 aromatic carbocycles. The number of nitrogens with zero attached hydrogens (tertiary/aromatic N) is 1. The van der Waals surface area contributed by atoms with Crippen molar-refractivity contribution >= 4 is 0 Å². The van der Waals surface area contributed by atoms with Crippen LogP contribution in [0.25, 0.3) is 0 Å². The van der Waals surface area contributed by atoms with Crippen LogP contribution >= 0.6 is 0 Å². The highest BCUT2D eigenvalue weighted by Gasteiger charge is 2.42. The van der Waals surface area contributed by atoms with E-state index in [0.29, 0.717) is 12.1 Å². The lowest BCUT2D eigenvalue weighted by Gasteiger charge is -2.50. The Hall–Kier alpha value is -0.120. The fraction of sp³-hybridized carbons (Fsp3) is 1.00. The maximum absolute atomic E-state index is 5.97. The van der Waals surface area contributed by atoms with Gasteiger partial charge in [-0.05, 0) is 72.5 Å². The van der Waals surface area contributed by atoms with Gasteiger partial charge in [0.15, 0.2) is 0 Å². The monoisotopic (exact) mass is 284 g/mol. The summed E-state index contributed by atoms with van der Waals surface area (Å²) in [6.45, 7) is 10.8. The third-order valence-corrected chi connectivity index (χ3v) is 4.92. The molecule has 0 bridgehead atoms. The van der Waals surface area contributed by atoms with Gasteiger partial charge in [-0.15, -0.1) is 0 Å². The lowest BCUT2D eigenvalue weighted by Crippen LogP contribution is -2.62. The molecule has 0 saturated heterocycles. The summed E-state index contributed by atoms with van der Waals surface area (Å²) in [6.07, 6.45) is 6.73. The quantitative estimate of drug-likeness (QED) is 0.740. The molecule has 1 atom stereocenters. The Balaban J connectivity index is 2.80. The summed E-state index contributed by atoms with van der Waals surface area (Å²) in [6, 6.07) is 0.437. The highest BCUT2D eigenvalue weighted by Crippen LogP contribution is 2.38. The Morgan fingerprint density at radius 1 is 1.25 bits per heavy atom. The lowest BCUT2D eigenvalue weighted by atomic mass is 9.72. The third-order valence-electron chi connectivity index (χ3n) is 4.92. The molecule has 0 aromatic heterocycles. The molecule has 120 valence electrons. The molecular formula is C17H36N2O. The maximum Gasteiger partial charge on any atom is 0.0641 e. The van der Waals surface area contributed by atoms with Gasteiger partial charge < -0.3 is 15.0 Å². The van der Waals surface area contributed by atoms with E-state index in [2.05, 4.69) is 52.0 Å². The Morgan fingerprint density at radius 2 is 1.85 bits per heavy atom. The summed E-state index contributed by atoms with van der Waals surface area (Å²) in [5, 5.41) is 3.76. The number of hydrogen-bond acceptors (Lipinski definition) is 3. The molecule has 0 spiro atoms. The summed E-state index contributed by atoms with van der Waals surface area (Å²) in [5.41, 5.74) is 0.260. The van der Waals surface area contributed by atoms with E-state index in [1.165, 1.54) is 32.1 Å². The van der Waals surface area contributed by atoms with Crippen LogP contribution in [0.4, 0.5) is 0 Å². The first-order valence-electron chi connectivity index (χ1n) is 8.44. The first kappa shape index (κ1) is 17.9. The van der Waals surface area contributed by atoms with Gasteiger partial charge in [-0.2, -0.15) is 0 Å². The van der Waals surface area contributed by atoms with Crippen LogP contribution in [0.3, 0.4) is 0 Å². The van der Waals surface area contributed by atoms with E-state index < -0.39 is 0 Å². The normalized spacial score (nSPS) is 29.1. The molecule has 0 aromatic rings. The van der Waals surface area contributed by atoms with Crippen molar-refractivity contribution in [1.82, 2.24) is 10.2 Å². The average Bonchev–Trinajstić information content (AvgIpc) is 2.40. The van der Waals surface area contributed by atoms with E-state index in [1.54, 1.807) is 0 Å². The van der Waals surface area contributed by atoms with Crippen molar-refractivity contribution in [2.75, 3.05) is 27.2 Å². The molecule has 3 heteroatoms. The predicted molar refractivity (Wildman–Crippen MR) is 87.2 cm³/mol. The van der Waals surface area contributed by atoms with Gasteiger partial charge in [0, 0.05) is 11.6 Å². The van der Waals surface area contributed by atoms with E-state index in [4.69, 9.17) is 4.74 Å². The zero-order valence-electron chi connectivity index (χ0n) is 14.5. The first-order valence-corrected chi connectivity index (χ1v) is 8.44. The average molecular weight is 284 g/mol. The molecule has 1 saturated carbocycles. The van der Waals surface area contributed by atoms with Crippen LogP contribution in [0.15, 0.2) is 0 Å². The van der Waals surface area contributed by atoms with Crippen molar-refractivity contribution in [2.24, 2.45) is 5.92 Å². The molecule has 3 nitrogen and oxygen atoms in total. The van der Waals surface area contributed by atoms with Gasteiger partial charge in [-0.1, -0.05) is 13.8 Å². The van der Waals surface area contributed by atoms with Crippen LogP contribution in [0.2, 0.25) is 0 Å². The second-order valence-electron chi connectivity index (χ2n) is 7.07.